The summed E-state index contributed by atoms with van der Waals surface area (Å²) >= 11 is 3.36. The molecule has 102 valence electrons. The van der Waals surface area contributed by atoms with E-state index in [0.717, 1.165) is 10.2 Å². The molecule has 0 bridgehead atoms. The molecule has 5 heteroatoms. The van der Waals surface area contributed by atoms with Gasteiger partial charge in [0.05, 0.1) is 12.9 Å². The van der Waals surface area contributed by atoms with Gasteiger partial charge in [-0.05, 0) is 30.3 Å². The van der Waals surface area contributed by atoms with Gasteiger partial charge in [0.15, 0.2) is 0 Å². The molecule has 0 aliphatic heterocycles. The average molecular weight is 327 g/mol. The molecule has 0 aliphatic carbocycles. The number of furan rings is 1. The monoisotopic (exact) mass is 326 g/mol. The first kappa shape index (κ1) is 14.1. The van der Waals surface area contributed by atoms with Crippen molar-refractivity contribution in [1.82, 2.24) is 0 Å². The van der Waals surface area contributed by atoms with E-state index in [1.807, 2.05) is 30.3 Å². The zero-order valence-corrected chi connectivity index (χ0v) is 11.9. The van der Waals surface area contributed by atoms with E-state index in [2.05, 4.69) is 15.9 Å². The Balaban J connectivity index is 1.65. The van der Waals surface area contributed by atoms with E-state index < -0.39 is 6.10 Å². The second-order valence-corrected chi connectivity index (χ2v) is 4.93. The van der Waals surface area contributed by atoms with Crippen molar-refractivity contribution >= 4 is 15.9 Å². The maximum atomic E-state index is 9.72. The summed E-state index contributed by atoms with van der Waals surface area (Å²) in [5, 5.41) is 9.72. The fourth-order valence-corrected chi connectivity index (χ4v) is 1.87. The summed E-state index contributed by atoms with van der Waals surface area (Å²) in [6.07, 6.45) is 0.917. The highest BCUT2D eigenvalue weighted by Crippen LogP contribution is 2.17. The first-order valence-corrected chi connectivity index (χ1v) is 6.70. The maximum absolute atomic E-state index is 9.72. The van der Waals surface area contributed by atoms with E-state index in [1.54, 1.807) is 12.3 Å². The van der Waals surface area contributed by atoms with Gasteiger partial charge in [0, 0.05) is 4.47 Å². The third kappa shape index (κ3) is 5.06. The second kappa shape index (κ2) is 7.33. The van der Waals surface area contributed by atoms with E-state index in [4.69, 9.17) is 13.9 Å². The first-order valence-electron chi connectivity index (χ1n) is 5.90. The summed E-state index contributed by atoms with van der Waals surface area (Å²) in [6, 6.07) is 11.1. The van der Waals surface area contributed by atoms with Crippen molar-refractivity contribution in [3.8, 4) is 5.75 Å². The molecular weight excluding hydrogens is 312 g/mol. The molecule has 0 spiro atoms. The standard InChI is InChI=1S/C14H15BrO4/c15-11-3-1-4-13(7-11)19-9-12(16)8-17-10-14-5-2-6-18-14/h1-7,12,16H,8-10H2. The van der Waals surface area contributed by atoms with Crippen LogP contribution in [-0.4, -0.2) is 24.4 Å². The maximum Gasteiger partial charge on any atom is 0.129 e. The molecule has 1 N–H and O–H groups in total. The van der Waals surface area contributed by atoms with Crippen molar-refractivity contribution < 1.29 is 19.0 Å². The van der Waals surface area contributed by atoms with Gasteiger partial charge >= 0.3 is 0 Å². The van der Waals surface area contributed by atoms with Crippen LogP contribution in [0.5, 0.6) is 5.75 Å². The number of ether oxygens (including phenoxy) is 2. The topological polar surface area (TPSA) is 51.8 Å². The van der Waals surface area contributed by atoms with Crippen LogP contribution in [0.1, 0.15) is 5.76 Å². The van der Waals surface area contributed by atoms with E-state index in [-0.39, 0.29) is 13.2 Å². The van der Waals surface area contributed by atoms with Gasteiger partial charge in [-0.25, -0.2) is 0 Å². The molecule has 19 heavy (non-hydrogen) atoms. The molecule has 1 heterocycles. The van der Waals surface area contributed by atoms with Gasteiger partial charge in [0.25, 0.3) is 0 Å². The largest absolute Gasteiger partial charge is 0.491 e. The van der Waals surface area contributed by atoms with E-state index in [0.29, 0.717) is 12.4 Å². The normalized spacial score (nSPS) is 12.3. The number of rotatable bonds is 7. The number of hydrogen-bond acceptors (Lipinski definition) is 4. The molecule has 0 fully saturated rings. The minimum atomic E-state index is -0.672. The molecule has 1 aromatic heterocycles. The van der Waals surface area contributed by atoms with E-state index >= 15 is 0 Å². The van der Waals surface area contributed by atoms with Crippen molar-refractivity contribution in [1.29, 1.82) is 0 Å². The highest BCUT2D eigenvalue weighted by molar-refractivity contribution is 9.10. The molecule has 1 aromatic carbocycles. The number of aliphatic hydroxyl groups excluding tert-OH is 1. The van der Waals surface area contributed by atoms with Gasteiger partial charge in [-0.2, -0.15) is 0 Å². The van der Waals surface area contributed by atoms with Crippen LogP contribution >= 0.6 is 15.9 Å². The Kier molecular flexibility index (Phi) is 5.44. The minimum Gasteiger partial charge on any atom is -0.491 e. The lowest BCUT2D eigenvalue weighted by Crippen LogP contribution is -2.23. The van der Waals surface area contributed by atoms with E-state index in [1.165, 1.54) is 0 Å². The molecule has 1 unspecified atom stereocenters. The molecule has 0 saturated carbocycles. The highest BCUT2D eigenvalue weighted by Gasteiger charge is 2.06. The van der Waals surface area contributed by atoms with Crippen molar-refractivity contribution in [2.45, 2.75) is 12.7 Å². The molecule has 0 radical (unpaired) electrons. The SMILES string of the molecule is OC(COCc1ccco1)COc1cccc(Br)c1. The van der Waals surface area contributed by atoms with Crippen LogP contribution in [0.4, 0.5) is 0 Å². The summed E-state index contributed by atoms with van der Waals surface area (Å²) < 4.78 is 16.8. The van der Waals surface area contributed by atoms with Gasteiger partial charge < -0.3 is 19.0 Å². The summed E-state index contributed by atoms with van der Waals surface area (Å²) in [7, 11) is 0. The van der Waals surface area contributed by atoms with Gasteiger partial charge in [0.2, 0.25) is 0 Å². The molecule has 0 amide bonds. The van der Waals surface area contributed by atoms with Gasteiger partial charge in [-0.3, -0.25) is 0 Å². The van der Waals surface area contributed by atoms with Gasteiger partial charge in [0.1, 0.15) is 30.8 Å². The average Bonchev–Trinajstić information content (AvgIpc) is 2.90. The summed E-state index contributed by atoms with van der Waals surface area (Å²) in [6.45, 7) is 0.740. The molecule has 0 saturated heterocycles. The van der Waals surface area contributed by atoms with Crippen molar-refractivity contribution in [3.05, 3.63) is 52.9 Å². The molecule has 2 aromatic rings. The van der Waals surface area contributed by atoms with Crippen LogP contribution in [0.25, 0.3) is 0 Å². The Morgan fingerprint density at radius 2 is 2.11 bits per heavy atom. The van der Waals surface area contributed by atoms with Crippen LogP contribution in [0, 0.1) is 0 Å². The highest BCUT2D eigenvalue weighted by atomic mass is 79.9. The molecule has 4 nitrogen and oxygen atoms in total. The lowest BCUT2D eigenvalue weighted by Gasteiger charge is -2.12. The predicted octanol–water partition coefficient (Wildman–Crippen LogP) is 3.00. The Labute approximate surface area is 120 Å². The van der Waals surface area contributed by atoms with E-state index in [9.17, 15) is 5.11 Å². The second-order valence-electron chi connectivity index (χ2n) is 4.02. The van der Waals surface area contributed by atoms with Crippen molar-refractivity contribution in [2.75, 3.05) is 13.2 Å². The Morgan fingerprint density at radius 1 is 1.21 bits per heavy atom. The first-order chi connectivity index (χ1) is 9.24. The van der Waals surface area contributed by atoms with Crippen LogP contribution in [-0.2, 0) is 11.3 Å². The fourth-order valence-electron chi connectivity index (χ4n) is 1.49. The van der Waals surface area contributed by atoms with Crippen LogP contribution in [0.2, 0.25) is 0 Å². The third-order valence-electron chi connectivity index (χ3n) is 2.37. The zero-order valence-electron chi connectivity index (χ0n) is 10.3. The smallest absolute Gasteiger partial charge is 0.129 e. The summed E-state index contributed by atoms with van der Waals surface area (Å²) in [4.78, 5) is 0. The molecule has 0 aliphatic rings. The number of hydrogen-bond donors (Lipinski definition) is 1. The van der Waals surface area contributed by atoms with Crippen LogP contribution < -0.4 is 4.74 Å². The fraction of sp³-hybridized carbons (Fsp3) is 0.286. The number of benzene rings is 1. The molecule has 1 atom stereocenters. The zero-order chi connectivity index (χ0) is 13.5. The van der Waals surface area contributed by atoms with Crippen molar-refractivity contribution in [3.63, 3.8) is 0 Å². The summed E-state index contributed by atoms with van der Waals surface area (Å²) in [5.41, 5.74) is 0. The Bertz CT molecular complexity index is 484. The quantitative estimate of drug-likeness (QED) is 0.849. The minimum absolute atomic E-state index is 0.189. The van der Waals surface area contributed by atoms with Crippen molar-refractivity contribution in [2.24, 2.45) is 0 Å². The number of aliphatic hydroxyl groups is 1. The van der Waals surface area contributed by atoms with Crippen LogP contribution in [0.3, 0.4) is 0 Å². The van der Waals surface area contributed by atoms with Gasteiger partial charge in [-0.15, -0.1) is 0 Å². The molecule has 2 rings (SSSR count). The Morgan fingerprint density at radius 3 is 2.84 bits per heavy atom. The predicted molar refractivity (Wildman–Crippen MR) is 74.0 cm³/mol. The lowest BCUT2D eigenvalue weighted by molar-refractivity contribution is 0.000870. The summed E-state index contributed by atoms with van der Waals surface area (Å²) in [5.74, 6) is 1.44. The van der Waals surface area contributed by atoms with Gasteiger partial charge in [-0.1, -0.05) is 22.0 Å². The lowest BCUT2D eigenvalue weighted by atomic mass is 10.3. The molecular formula is C14H15BrO4. The Hall–Kier alpha value is -1.30. The number of halogens is 1. The third-order valence-corrected chi connectivity index (χ3v) is 2.87. The van der Waals surface area contributed by atoms with Crippen LogP contribution in [0.15, 0.2) is 51.6 Å².